The fourth-order valence-corrected chi connectivity index (χ4v) is 4.13. The zero-order valence-corrected chi connectivity index (χ0v) is 21.1. The van der Waals surface area contributed by atoms with E-state index in [1.54, 1.807) is 55.5 Å². The first-order chi connectivity index (χ1) is 17.9. The van der Waals surface area contributed by atoms with Crippen molar-refractivity contribution in [2.45, 2.75) is 6.92 Å². The summed E-state index contributed by atoms with van der Waals surface area (Å²) >= 11 is 12.2. The van der Waals surface area contributed by atoms with Crippen LogP contribution in [0.4, 0.5) is 5.69 Å². The molecule has 0 aliphatic rings. The summed E-state index contributed by atoms with van der Waals surface area (Å²) in [5.74, 6) is -0.712. The minimum Gasteiger partial charge on any atom is -0.490 e. The number of halogens is 2. The maximum Gasteiger partial charge on any atom is 0.344 e. The fourth-order valence-electron chi connectivity index (χ4n) is 3.64. The van der Waals surface area contributed by atoms with Gasteiger partial charge in [-0.15, -0.1) is 0 Å². The smallest absolute Gasteiger partial charge is 0.344 e. The van der Waals surface area contributed by atoms with E-state index in [2.05, 4.69) is 5.32 Å². The molecular weight excluding hydrogens is 511 g/mol. The van der Waals surface area contributed by atoms with Crippen LogP contribution in [0.3, 0.4) is 0 Å². The molecular formula is C29H20Cl2N2O4. The summed E-state index contributed by atoms with van der Waals surface area (Å²) in [6.45, 7) is 2.10. The van der Waals surface area contributed by atoms with Crippen LogP contribution in [0.1, 0.15) is 22.8 Å². The van der Waals surface area contributed by atoms with Gasteiger partial charge in [-0.05, 0) is 59.7 Å². The molecule has 0 spiro atoms. The molecule has 37 heavy (non-hydrogen) atoms. The molecule has 0 aliphatic heterocycles. The summed E-state index contributed by atoms with van der Waals surface area (Å²) in [5.41, 5.74) is 0.943. The third-order valence-corrected chi connectivity index (χ3v) is 5.99. The quantitative estimate of drug-likeness (QED) is 0.117. The van der Waals surface area contributed by atoms with Crippen LogP contribution in [0.5, 0.6) is 11.5 Å². The highest BCUT2D eigenvalue weighted by atomic mass is 35.5. The second-order valence-electron chi connectivity index (χ2n) is 7.78. The highest BCUT2D eigenvalue weighted by Crippen LogP contribution is 2.32. The number of benzene rings is 4. The summed E-state index contributed by atoms with van der Waals surface area (Å²) in [5, 5.41) is 14.3. The van der Waals surface area contributed by atoms with Crippen molar-refractivity contribution < 1.29 is 19.1 Å². The maximum atomic E-state index is 13.0. The van der Waals surface area contributed by atoms with Crippen LogP contribution >= 0.6 is 23.2 Å². The van der Waals surface area contributed by atoms with Gasteiger partial charge in [0.25, 0.3) is 5.91 Å². The molecule has 4 aromatic rings. The molecule has 0 atom stereocenters. The van der Waals surface area contributed by atoms with Gasteiger partial charge >= 0.3 is 5.97 Å². The molecule has 4 aromatic carbocycles. The molecule has 0 aliphatic carbocycles. The molecule has 0 heterocycles. The zero-order valence-electron chi connectivity index (χ0n) is 19.6. The van der Waals surface area contributed by atoms with E-state index in [9.17, 15) is 14.9 Å². The molecule has 4 rings (SSSR count). The van der Waals surface area contributed by atoms with Crippen LogP contribution in [-0.2, 0) is 4.79 Å². The summed E-state index contributed by atoms with van der Waals surface area (Å²) in [6.07, 6.45) is 1.39. The monoisotopic (exact) mass is 530 g/mol. The minimum atomic E-state index is -0.679. The van der Waals surface area contributed by atoms with Crippen molar-refractivity contribution >= 4 is 57.6 Å². The Kier molecular flexibility index (Phi) is 8.09. The van der Waals surface area contributed by atoms with Gasteiger partial charge in [0.05, 0.1) is 27.9 Å². The summed E-state index contributed by atoms with van der Waals surface area (Å²) in [4.78, 5) is 25.7. The van der Waals surface area contributed by atoms with Crippen molar-refractivity contribution in [2.24, 2.45) is 0 Å². The summed E-state index contributed by atoms with van der Waals surface area (Å²) in [7, 11) is 0. The van der Waals surface area contributed by atoms with Crippen molar-refractivity contribution in [3.8, 4) is 17.6 Å². The molecule has 0 unspecified atom stereocenters. The lowest BCUT2D eigenvalue weighted by atomic mass is 10.0. The Labute approximate surface area is 223 Å². The maximum absolute atomic E-state index is 13.0. The highest BCUT2D eigenvalue weighted by molar-refractivity contribution is 6.40. The van der Waals surface area contributed by atoms with Gasteiger partial charge in [0.1, 0.15) is 11.6 Å². The van der Waals surface area contributed by atoms with Crippen molar-refractivity contribution in [3.63, 3.8) is 0 Å². The van der Waals surface area contributed by atoms with Gasteiger partial charge in [-0.3, -0.25) is 4.79 Å². The Balaban J connectivity index is 1.60. The number of hydrogen-bond acceptors (Lipinski definition) is 5. The van der Waals surface area contributed by atoms with E-state index in [0.717, 1.165) is 10.8 Å². The van der Waals surface area contributed by atoms with E-state index in [-0.39, 0.29) is 32.8 Å². The third-order valence-electron chi connectivity index (χ3n) is 5.36. The van der Waals surface area contributed by atoms with Gasteiger partial charge in [-0.1, -0.05) is 71.7 Å². The molecule has 1 N–H and O–H groups in total. The number of amides is 1. The van der Waals surface area contributed by atoms with Crippen LogP contribution in [0.2, 0.25) is 10.0 Å². The average Bonchev–Trinajstić information content (AvgIpc) is 2.90. The van der Waals surface area contributed by atoms with E-state index >= 15 is 0 Å². The third kappa shape index (κ3) is 5.92. The number of anilines is 1. The molecule has 0 saturated heterocycles. The van der Waals surface area contributed by atoms with Gasteiger partial charge in [0, 0.05) is 0 Å². The molecule has 0 radical (unpaired) electrons. The number of esters is 1. The van der Waals surface area contributed by atoms with Gasteiger partial charge in [-0.2, -0.15) is 5.26 Å². The lowest BCUT2D eigenvalue weighted by Crippen LogP contribution is -2.14. The van der Waals surface area contributed by atoms with Crippen molar-refractivity contribution in [1.29, 1.82) is 5.26 Å². The number of nitrogens with zero attached hydrogens (tertiary/aromatic N) is 1. The molecule has 0 saturated carbocycles. The number of carbonyl (C=O) groups excluding carboxylic acids is 2. The first-order valence-corrected chi connectivity index (χ1v) is 12.0. The van der Waals surface area contributed by atoms with Crippen LogP contribution in [0.25, 0.3) is 16.8 Å². The Morgan fingerprint density at radius 1 is 0.946 bits per heavy atom. The molecule has 6 nitrogen and oxygen atoms in total. The molecule has 1 amide bonds. The number of fused-ring (bicyclic) bond motifs is 1. The van der Waals surface area contributed by atoms with Gasteiger partial charge in [0.2, 0.25) is 0 Å². The molecule has 0 bridgehead atoms. The van der Waals surface area contributed by atoms with E-state index in [4.69, 9.17) is 32.7 Å². The Bertz CT molecular complexity index is 1550. The summed E-state index contributed by atoms with van der Waals surface area (Å²) in [6, 6.07) is 24.4. The lowest BCUT2D eigenvalue weighted by molar-refractivity contribution is -0.112. The lowest BCUT2D eigenvalue weighted by Gasteiger charge is -2.13. The van der Waals surface area contributed by atoms with E-state index < -0.39 is 11.9 Å². The average molecular weight is 531 g/mol. The van der Waals surface area contributed by atoms with Crippen LogP contribution in [0.15, 0.2) is 84.4 Å². The molecule has 0 aromatic heterocycles. The number of nitrogens with one attached hydrogen (secondary N) is 1. The first-order valence-electron chi connectivity index (χ1n) is 11.2. The van der Waals surface area contributed by atoms with Gasteiger partial charge in [-0.25, -0.2) is 4.79 Å². The molecule has 8 heteroatoms. The minimum absolute atomic E-state index is 0.182. The number of para-hydroxylation sites is 1. The predicted octanol–water partition coefficient (Wildman–Crippen LogP) is 7.31. The number of hydrogen-bond donors (Lipinski definition) is 1. The van der Waals surface area contributed by atoms with Gasteiger partial charge in [0.15, 0.2) is 11.5 Å². The zero-order chi connectivity index (χ0) is 26.4. The number of ether oxygens (including phenoxy) is 2. The highest BCUT2D eigenvalue weighted by Gasteiger charge is 2.17. The number of rotatable bonds is 7. The number of carbonyl (C=O) groups is 2. The van der Waals surface area contributed by atoms with Gasteiger partial charge < -0.3 is 14.8 Å². The van der Waals surface area contributed by atoms with E-state index in [0.29, 0.717) is 17.7 Å². The largest absolute Gasteiger partial charge is 0.490 e. The molecule has 184 valence electrons. The predicted molar refractivity (Wildman–Crippen MR) is 145 cm³/mol. The first kappa shape index (κ1) is 25.8. The van der Waals surface area contributed by atoms with E-state index in [1.165, 1.54) is 6.08 Å². The number of nitriles is 1. The van der Waals surface area contributed by atoms with Crippen LogP contribution in [0, 0.1) is 11.3 Å². The van der Waals surface area contributed by atoms with Crippen molar-refractivity contribution in [2.75, 3.05) is 11.9 Å². The Morgan fingerprint density at radius 2 is 1.65 bits per heavy atom. The Morgan fingerprint density at radius 3 is 2.38 bits per heavy atom. The fraction of sp³-hybridized carbons (Fsp3) is 0.0690. The Hall–Kier alpha value is -4.31. The van der Waals surface area contributed by atoms with Crippen LogP contribution in [-0.4, -0.2) is 18.5 Å². The summed E-state index contributed by atoms with van der Waals surface area (Å²) < 4.78 is 11.4. The van der Waals surface area contributed by atoms with Crippen LogP contribution < -0.4 is 14.8 Å². The SMILES string of the molecule is CCOc1cc(/C=C(\C#N)C(=O)Nc2c(Cl)cccc2Cl)ccc1OC(=O)c1cccc2ccccc12. The topological polar surface area (TPSA) is 88.4 Å². The van der Waals surface area contributed by atoms with E-state index in [1.807, 2.05) is 36.4 Å². The van der Waals surface area contributed by atoms with Crippen molar-refractivity contribution in [3.05, 3.63) is 106 Å². The second kappa shape index (κ2) is 11.6. The second-order valence-corrected chi connectivity index (χ2v) is 8.59. The standard InChI is InChI=1S/C29H20Cl2N2O4/c1-2-36-26-16-18(15-20(17-32)28(34)33-27-23(30)11-6-12-24(27)31)13-14-25(26)37-29(35)22-10-5-8-19-7-3-4-9-21(19)22/h3-16H,2H2,1H3,(H,33,34)/b20-15+. The molecule has 0 fully saturated rings. The normalized spacial score (nSPS) is 11.0. The van der Waals surface area contributed by atoms with Crippen molar-refractivity contribution in [1.82, 2.24) is 0 Å².